The fourth-order valence-electron chi connectivity index (χ4n) is 1.82. The van der Waals surface area contributed by atoms with Crippen molar-refractivity contribution in [3.05, 3.63) is 29.8 Å². The van der Waals surface area contributed by atoms with Gasteiger partial charge in [-0.3, -0.25) is 4.90 Å². The van der Waals surface area contributed by atoms with E-state index in [2.05, 4.69) is 0 Å². The minimum atomic E-state index is -4.29. The van der Waals surface area contributed by atoms with Crippen molar-refractivity contribution in [1.29, 1.82) is 5.26 Å². The average Bonchev–Trinajstić information content (AvgIpc) is 2.42. The zero-order valence-corrected chi connectivity index (χ0v) is 11.4. The van der Waals surface area contributed by atoms with Crippen molar-refractivity contribution in [2.45, 2.75) is 12.6 Å². The van der Waals surface area contributed by atoms with Gasteiger partial charge in [-0.05, 0) is 18.6 Å². The number of rotatable bonds is 8. The van der Waals surface area contributed by atoms with Crippen molar-refractivity contribution in [2.75, 3.05) is 32.8 Å². The molecule has 0 bridgehead atoms. The topological polar surface area (TPSA) is 56.5 Å². The van der Waals surface area contributed by atoms with E-state index in [0.29, 0.717) is 17.7 Å². The molecule has 0 aromatic heterocycles. The molecule has 0 atom stereocenters. The Morgan fingerprint density at radius 1 is 1.24 bits per heavy atom. The second-order valence-corrected chi connectivity index (χ2v) is 4.42. The monoisotopic (exact) mass is 302 g/mol. The summed E-state index contributed by atoms with van der Waals surface area (Å²) in [5.41, 5.74) is 0.389. The number of nitriles is 1. The molecule has 1 aromatic carbocycles. The normalized spacial score (nSPS) is 11.4. The van der Waals surface area contributed by atoms with Crippen molar-refractivity contribution >= 4 is 0 Å². The molecule has 21 heavy (non-hydrogen) atoms. The van der Waals surface area contributed by atoms with Crippen LogP contribution >= 0.6 is 0 Å². The lowest BCUT2D eigenvalue weighted by atomic mass is 10.2. The summed E-state index contributed by atoms with van der Waals surface area (Å²) >= 11 is 0. The molecular formula is C14H17F3N2O2. The van der Waals surface area contributed by atoms with E-state index < -0.39 is 12.7 Å². The smallest absolute Gasteiger partial charge is 0.401 e. The fraction of sp³-hybridized carbons (Fsp3) is 0.500. The van der Waals surface area contributed by atoms with Crippen LogP contribution in [0.5, 0.6) is 5.75 Å². The zero-order chi connectivity index (χ0) is 15.7. The van der Waals surface area contributed by atoms with E-state index in [4.69, 9.17) is 15.1 Å². The number of aliphatic hydroxyl groups is 1. The molecule has 0 fully saturated rings. The van der Waals surface area contributed by atoms with Crippen molar-refractivity contribution < 1.29 is 23.0 Å². The lowest BCUT2D eigenvalue weighted by molar-refractivity contribution is -0.147. The quantitative estimate of drug-likeness (QED) is 0.748. The molecule has 0 saturated carbocycles. The van der Waals surface area contributed by atoms with Gasteiger partial charge in [0.05, 0.1) is 25.3 Å². The third-order valence-corrected chi connectivity index (χ3v) is 2.70. The first-order valence-electron chi connectivity index (χ1n) is 6.48. The van der Waals surface area contributed by atoms with E-state index in [9.17, 15) is 13.2 Å². The molecule has 0 radical (unpaired) electrons. The van der Waals surface area contributed by atoms with Crippen LogP contribution < -0.4 is 4.74 Å². The maximum atomic E-state index is 12.3. The van der Waals surface area contributed by atoms with Gasteiger partial charge in [0.2, 0.25) is 0 Å². The minimum Gasteiger partial charge on any atom is -0.492 e. The van der Waals surface area contributed by atoms with Gasteiger partial charge in [0, 0.05) is 13.1 Å². The summed E-state index contributed by atoms with van der Waals surface area (Å²) in [5.74, 6) is 0.421. The van der Waals surface area contributed by atoms with E-state index in [1.54, 1.807) is 24.3 Å². The van der Waals surface area contributed by atoms with E-state index in [1.807, 2.05) is 6.07 Å². The minimum absolute atomic E-state index is 0.0334. The molecule has 0 unspecified atom stereocenters. The molecule has 0 aliphatic heterocycles. The van der Waals surface area contributed by atoms with Gasteiger partial charge in [-0.2, -0.15) is 18.4 Å². The second kappa shape index (κ2) is 8.49. The van der Waals surface area contributed by atoms with Crippen LogP contribution in [0.15, 0.2) is 24.3 Å². The van der Waals surface area contributed by atoms with Crippen LogP contribution in [0.4, 0.5) is 13.2 Å². The SMILES string of the molecule is N#Cc1ccccc1OCCCN(CCO)CC(F)(F)F. The predicted molar refractivity (Wildman–Crippen MR) is 70.8 cm³/mol. The second-order valence-electron chi connectivity index (χ2n) is 4.42. The Bertz CT molecular complexity index is 472. The van der Waals surface area contributed by atoms with Crippen LogP contribution in [0, 0.1) is 11.3 Å². The summed E-state index contributed by atoms with van der Waals surface area (Å²) in [5, 5.41) is 17.6. The molecule has 0 heterocycles. The molecule has 1 rings (SSSR count). The van der Waals surface area contributed by atoms with Gasteiger partial charge in [-0.25, -0.2) is 0 Å². The number of hydrogen-bond donors (Lipinski definition) is 1. The third-order valence-electron chi connectivity index (χ3n) is 2.70. The average molecular weight is 302 g/mol. The highest BCUT2D eigenvalue weighted by atomic mass is 19.4. The summed E-state index contributed by atoms with van der Waals surface area (Å²) in [7, 11) is 0. The number of hydrogen-bond acceptors (Lipinski definition) is 4. The van der Waals surface area contributed by atoms with Gasteiger partial charge in [0.1, 0.15) is 11.8 Å². The largest absolute Gasteiger partial charge is 0.492 e. The molecule has 0 spiro atoms. The zero-order valence-electron chi connectivity index (χ0n) is 11.4. The van der Waals surface area contributed by atoms with E-state index in [1.165, 1.54) is 0 Å². The van der Waals surface area contributed by atoms with E-state index >= 15 is 0 Å². The molecule has 1 aromatic rings. The number of alkyl halides is 3. The first-order valence-corrected chi connectivity index (χ1v) is 6.48. The number of nitrogens with zero attached hydrogens (tertiary/aromatic N) is 2. The van der Waals surface area contributed by atoms with Gasteiger partial charge in [-0.15, -0.1) is 0 Å². The van der Waals surface area contributed by atoms with Crippen molar-refractivity contribution in [1.82, 2.24) is 4.90 Å². The molecule has 0 aliphatic rings. The van der Waals surface area contributed by atoms with E-state index in [0.717, 1.165) is 4.90 Å². The van der Waals surface area contributed by atoms with Gasteiger partial charge in [-0.1, -0.05) is 12.1 Å². The lowest BCUT2D eigenvalue weighted by Gasteiger charge is -2.22. The maximum absolute atomic E-state index is 12.3. The number of halogens is 3. The Hall–Kier alpha value is -1.78. The number of benzene rings is 1. The van der Waals surface area contributed by atoms with Crippen LogP contribution in [-0.4, -0.2) is 49.0 Å². The highest BCUT2D eigenvalue weighted by molar-refractivity contribution is 5.42. The predicted octanol–water partition coefficient (Wildman–Crippen LogP) is 2.18. The number of para-hydroxylation sites is 1. The number of aliphatic hydroxyl groups excluding tert-OH is 1. The summed E-state index contributed by atoms with van der Waals surface area (Å²) in [6.07, 6.45) is -3.92. The molecule has 1 N–H and O–H groups in total. The Labute approximate surface area is 121 Å². The van der Waals surface area contributed by atoms with Crippen LogP contribution in [0.2, 0.25) is 0 Å². The van der Waals surface area contributed by atoms with Crippen LogP contribution in [0.3, 0.4) is 0 Å². The lowest BCUT2D eigenvalue weighted by Crippen LogP contribution is -2.37. The summed E-state index contributed by atoms with van der Waals surface area (Å²) in [6.45, 7) is -1.04. The molecule has 0 amide bonds. The molecule has 7 heteroatoms. The van der Waals surface area contributed by atoms with Crippen molar-refractivity contribution in [2.24, 2.45) is 0 Å². The van der Waals surface area contributed by atoms with E-state index in [-0.39, 0.29) is 26.3 Å². The fourth-order valence-corrected chi connectivity index (χ4v) is 1.82. The first-order chi connectivity index (χ1) is 9.96. The Morgan fingerprint density at radius 2 is 1.95 bits per heavy atom. The standard InChI is InChI=1S/C14H17F3N2O2/c15-14(16,17)11-19(7-8-20)6-3-9-21-13-5-2-1-4-12(13)10-18/h1-2,4-5,20H,3,6-9,11H2. The number of ether oxygens (including phenoxy) is 1. The van der Waals surface area contributed by atoms with Crippen molar-refractivity contribution in [3.63, 3.8) is 0 Å². The Balaban J connectivity index is 2.39. The molecule has 0 aliphatic carbocycles. The van der Waals surface area contributed by atoms with Crippen LogP contribution in [0.25, 0.3) is 0 Å². The van der Waals surface area contributed by atoms with Gasteiger partial charge < -0.3 is 9.84 Å². The molecule has 4 nitrogen and oxygen atoms in total. The molecular weight excluding hydrogens is 285 g/mol. The highest BCUT2D eigenvalue weighted by Crippen LogP contribution is 2.18. The maximum Gasteiger partial charge on any atom is 0.401 e. The highest BCUT2D eigenvalue weighted by Gasteiger charge is 2.30. The van der Waals surface area contributed by atoms with Crippen LogP contribution in [0.1, 0.15) is 12.0 Å². The van der Waals surface area contributed by atoms with Crippen molar-refractivity contribution in [3.8, 4) is 11.8 Å². The third kappa shape index (κ3) is 6.97. The first kappa shape index (κ1) is 17.3. The summed E-state index contributed by atoms with van der Waals surface area (Å²) < 4.78 is 42.3. The van der Waals surface area contributed by atoms with Gasteiger partial charge in [0.15, 0.2) is 0 Å². The molecule has 0 saturated heterocycles. The van der Waals surface area contributed by atoms with Crippen LogP contribution in [-0.2, 0) is 0 Å². The van der Waals surface area contributed by atoms with Gasteiger partial charge >= 0.3 is 6.18 Å². The molecule has 116 valence electrons. The Kier molecular flexibility index (Phi) is 6.99. The Morgan fingerprint density at radius 3 is 2.57 bits per heavy atom. The van der Waals surface area contributed by atoms with Gasteiger partial charge in [0.25, 0.3) is 0 Å². The summed E-state index contributed by atoms with van der Waals surface area (Å²) in [4.78, 5) is 1.12. The summed E-state index contributed by atoms with van der Waals surface area (Å²) in [6, 6.07) is 8.65.